The fraction of sp³-hybridized carbons (Fsp3) is 0.222. The number of nitrogens with two attached hydrogens (primary N) is 1. The summed E-state index contributed by atoms with van der Waals surface area (Å²) in [5.74, 6) is -1.18. The first-order valence-electron chi connectivity index (χ1n) is 11.2. The number of anilines is 1. The molecule has 0 aromatic heterocycles. The monoisotopic (exact) mass is 458 g/mol. The number of rotatable bonds is 10. The molecule has 0 heterocycles. The first-order chi connectivity index (χ1) is 16.4. The molecule has 3 rings (SSSR count). The molecule has 5 N–H and O–H groups in total. The Labute approximate surface area is 199 Å². The molecule has 0 fully saturated rings. The molecule has 0 radical (unpaired) electrons. The molecule has 3 aromatic carbocycles. The highest BCUT2D eigenvalue weighted by atomic mass is 16.2. The quantitative estimate of drug-likeness (QED) is 0.373. The minimum absolute atomic E-state index is 0.00822. The molecule has 2 atom stereocenters. The van der Waals surface area contributed by atoms with Crippen molar-refractivity contribution in [1.29, 1.82) is 0 Å². The molecule has 3 amide bonds. The van der Waals surface area contributed by atoms with Crippen LogP contribution in [0.5, 0.6) is 0 Å². The highest BCUT2D eigenvalue weighted by Gasteiger charge is 2.19. The van der Waals surface area contributed by atoms with E-state index >= 15 is 0 Å². The van der Waals surface area contributed by atoms with Crippen LogP contribution in [0.1, 0.15) is 51.2 Å². The van der Waals surface area contributed by atoms with Gasteiger partial charge >= 0.3 is 0 Å². The Bertz CT molecular complexity index is 1130. The Morgan fingerprint density at radius 1 is 0.824 bits per heavy atom. The number of amides is 3. The molecule has 0 bridgehead atoms. The van der Waals surface area contributed by atoms with Crippen molar-refractivity contribution in [3.8, 4) is 0 Å². The molecule has 3 aromatic rings. The maximum absolute atomic E-state index is 13.1. The van der Waals surface area contributed by atoms with Crippen LogP contribution in [-0.4, -0.2) is 30.8 Å². The van der Waals surface area contributed by atoms with Crippen LogP contribution in [0, 0.1) is 0 Å². The lowest BCUT2D eigenvalue weighted by molar-refractivity contribution is -0.118. The largest absolute Gasteiger partial charge is 0.388 e. The van der Waals surface area contributed by atoms with Gasteiger partial charge in [-0.25, -0.2) is 0 Å². The van der Waals surface area contributed by atoms with Crippen molar-refractivity contribution in [3.63, 3.8) is 0 Å². The maximum atomic E-state index is 13.1. The molecule has 0 aliphatic rings. The summed E-state index contributed by atoms with van der Waals surface area (Å²) in [6, 6.07) is 23.4. The molecule has 0 spiro atoms. The van der Waals surface area contributed by atoms with Gasteiger partial charge in [0.1, 0.15) is 0 Å². The van der Waals surface area contributed by atoms with Crippen molar-refractivity contribution in [2.75, 3.05) is 12.4 Å². The molecule has 0 aliphatic carbocycles. The first kappa shape index (κ1) is 24.5. The van der Waals surface area contributed by atoms with Gasteiger partial charge in [0.05, 0.1) is 6.04 Å². The van der Waals surface area contributed by atoms with E-state index in [2.05, 4.69) is 16.0 Å². The molecule has 34 heavy (non-hydrogen) atoms. The van der Waals surface area contributed by atoms with E-state index in [1.807, 2.05) is 67.6 Å². The van der Waals surface area contributed by atoms with E-state index in [9.17, 15) is 14.4 Å². The zero-order chi connectivity index (χ0) is 24.5. The summed E-state index contributed by atoms with van der Waals surface area (Å²) in [6.07, 6.45) is 0.470. The molecule has 7 heteroatoms. The molecular formula is C27H30N4O3. The van der Waals surface area contributed by atoms with Crippen molar-refractivity contribution in [2.45, 2.75) is 31.8 Å². The van der Waals surface area contributed by atoms with Gasteiger partial charge in [-0.3, -0.25) is 14.4 Å². The average Bonchev–Trinajstić information content (AvgIpc) is 2.84. The van der Waals surface area contributed by atoms with Gasteiger partial charge in [-0.1, -0.05) is 60.7 Å². The highest BCUT2D eigenvalue weighted by molar-refractivity contribution is 6.01. The zero-order valence-corrected chi connectivity index (χ0v) is 19.4. The van der Waals surface area contributed by atoms with E-state index in [0.717, 1.165) is 11.1 Å². The van der Waals surface area contributed by atoms with E-state index in [-0.39, 0.29) is 24.3 Å². The zero-order valence-electron chi connectivity index (χ0n) is 19.4. The number of nitrogens with one attached hydrogen (secondary N) is 3. The standard InChI is InChI=1S/C27H30N4O3/c1-18(20-11-7-4-8-12-20)30-26(33)21-14-22(16-23(15-21)29-2)27(34)31-24(17-25(28)32)13-19-9-5-3-6-10-19/h3-12,14-16,18,24,29H,13,17H2,1-2H3,(H2,28,32)(H,30,33)(H,31,34)/t18-,24+/m1/s1. The Hall–Kier alpha value is -4.13. The molecule has 7 nitrogen and oxygen atoms in total. The average molecular weight is 459 g/mol. The summed E-state index contributed by atoms with van der Waals surface area (Å²) < 4.78 is 0. The minimum atomic E-state index is -0.500. The minimum Gasteiger partial charge on any atom is -0.388 e. The second-order valence-electron chi connectivity index (χ2n) is 8.19. The van der Waals surface area contributed by atoms with Crippen LogP contribution in [0.4, 0.5) is 5.69 Å². The van der Waals surface area contributed by atoms with Gasteiger partial charge in [-0.15, -0.1) is 0 Å². The maximum Gasteiger partial charge on any atom is 0.251 e. The molecular weight excluding hydrogens is 428 g/mol. The van der Waals surface area contributed by atoms with E-state index < -0.39 is 11.9 Å². The van der Waals surface area contributed by atoms with Crippen molar-refractivity contribution in [1.82, 2.24) is 10.6 Å². The van der Waals surface area contributed by atoms with Crippen LogP contribution in [-0.2, 0) is 11.2 Å². The molecule has 176 valence electrons. The van der Waals surface area contributed by atoms with Crippen molar-refractivity contribution >= 4 is 23.4 Å². The molecule has 0 aliphatic heterocycles. The second-order valence-corrected chi connectivity index (χ2v) is 8.19. The van der Waals surface area contributed by atoms with E-state index in [0.29, 0.717) is 23.2 Å². The fourth-order valence-corrected chi connectivity index (χ4v) is 3.72. The summed E-state index contributed by atoms with van der Waals surface area (Å²) >= 11 is 0. The number of benzene rings is 3. The Kier molecular flexibility index (Phi) is 8.40. The van der Waals surface area contributed by atoms with Gasteiger partial charge in [0.15, 0.2) is 0 Å². The van der Waals surface area contributed by atoms with Crippen LogP contribution in [0.25, 0.3) is 0 Å². The SMILES string of the molecule is CNc1cc(C(=O)N[C@H](CC(N)=O)Cc2ccccc2)cc(C(=O)N[C@H](C)c2ccccc2)c1. The van der Waals surface area contributed by atoms with Gasteiger partial charge < -0.3 is 21.7 Å². The number of hydrogen-bond donors (Lipinski definition) is 4. The van der Waals surface area contributed by atoms with E-state index in [4.69, 9.17) is 5.73 Å². The van der Waals surface area contributed by atoms with Crippen LogP contribution < -0.4 is 21.7 Å². The third kappa shape index (κ3) is 6.93. The first-order valence-corrected chi connectivity index (χ1v) is 11.2. The number of carbonyl (C=O) groups excluding carboxylic acids is 3. The van der Waals surface area contributed by atoms with Crippen molar-refractivity contribution < 1.29 is 14.4 Å². The van der Waals surface area contributed by atoms with Crippen molar-refractivity contribution in [3.05, 3.63) is 101 Å². The summed E-state index contributed by atoms with van der Waals surface area (Å²) in [7, 11) is 1.72. The van der Waals surface area contributed by atoms with Crippen LogP contribution >= 0.6 is 0 Å². The Morgan fingerprint density at radius 3 is 1.94 bits per heavy atom. The lowest BCUT2D eigenvalue weighted by Gasteiger charge is -2.19. The normalized spacial score (nSPS) is 12.3. The number of hydrogen-bond acceptors (Lipinski definition) is 4. The lowest BCUT2D eigenvalue weighted by Crippen LogP contribution is -2.39. The molecule has 0 unspecified atom stereocenters. The summed E-state index contributed by atoms with van der Waals surface area (Å²) in [5, 5.41) is 8.86. The van der Waals surface area contributed by atoms with Crippen LogP contribution in [0.15, 0.2) is 78.9 Å². The summed E-state index contributed by atoms with van der Waals surface area (Å²) in [6.45, 7) is 1.90. The highest BCUT2D eigenvalue weighted by Crippen LogP contribution is 2.18. The van der Waals surface area contributed by atoms with Crippen LogP contribution in [0.2, 0.25) is 0 Å². The lowest BCUT2D eigenvalue weighted by atomic mass is 10.0. The summed E-state index contributed by atoms with van der Waals surface area (Å²) in [5.41, 5.74) is 8.66. The third-order valence-corrected chi connectivity index (χ3v) is 5.50. The molecule has 0 saturated heterocycles. The smallest absolute Gasteiger partial charge is 0.251 e. The van der Waals surface area contributed by atoms with Gasteiger partial charge in [-0.2, -0.15) is 0 Å². The van der Waals surface area contributed by atoms with Crippen LogP contribution in [0.3, 0.4) is 0 Å². The van der Waals surface area contributed by atoms with Gasteiger partial charge in [0.25, 0.3) is 11.8 Å². The molecule has 0 saturated carbocycles. The number of carbonyl (C=O) groups is 3. The van der Waals surface area contributed by atoms with E-state index in [1.165, 1.54) is 0 Å². The van der Waals surface area contributed by atoms with Gasteiger partial charge in [0.2, 0.25) is 5.91 Å². The van der Waals surface area contributed by atoms with Gasteiger partial charge in [-0.05, 0) is 42.7 Å². The van der Waals surface area contributed by atoms with Gasteiger partial charge in [0, 0.05) is 36.3 Å². The van der Waals surface area contributed by atoms with Crippen molar-refractivity contribution in [2.24, 2.45) is 5.73 Å². The number of primary amides is 1. The Balaban J connectivity index is 1.78. The fourth-order valence-electron chi connectivity index (χ4n) is 3.72. The topological polar surface area (TPSA) is 113 Å². The second kappa shape index (κ2) is 11.7. The predicted molar refractivity (Wildman–Crippen MR) is 134 cm³/mol. The summed E-state index contributed by atoms with van der Waals surface area (Å²) in [4.78, 5) is 37.6. The predicted octanol–water partition coefficient (Wildman–Crippen LogP) is 3.44. The third-order valence-electron chi connectivity index (χ3n) is 5.50. The van der Waals surface area contributed by atoms with E-state index in [1.54, 1.807) is 25.2 Å². The Morgan fingerprint density at radius 2 is 1.38 bits per heavy atom.